The third-order valence-electron chi connectivity index (χ3n) is 5.19. The highest BCUT2D eigenvalue weighted by Crippen LogP contribution is 2.35. The zero-order valence-electron chi connectivity index (χ0n) is 19.9. The number of aromatic nitrogens is 1. The SMILES string of the molecule is COc1cccc2[nH]c(C(=O)NCC(=O)NCC(=O)COc3c(F)c(F)c(C(C)(C)O)c(F)c3F)cc12. The fourth-order valence-corrected chi connectivity index (χ4v) is 3.42. The highest BCUT2D eigenvalue weighted by molar-refractivity contribution is 6.01. The van der Waals surface area contributed by atoms with Crippen molar-refractivity contribution in [2.24, 2.45) is 0 Å². The number of methoxy groups -OCH3 is 1. The Bertz CT molecular complexity index is 1340. The molecule has 0 saturated carbocycles. The number of ether oxygens (including phenoxy) is 2. The Labute approximate surface area is 207 Å². The lowest BCUT2D eigenvalue weighted by Gasteiger charge is -2.21. The molecule has 2 amide bonds. The van der Waals surface area contributed by atoms with Gasteiger partial charge in [0, 0.05) is 10.9 Å². The van der Waals surface area contributed by atoms with Gasteiger partial charge in [-0.3, -0.25) is 14.4 Å². The number of ketones is 1. The molecule has 37 heavy (non-hydrogen) atoms. The normalized spacial score (nSPS) is 11.4. The zero-order chi connectivity index (χ0) is 27.5. The maximum Gasteiger partial charge on any atom is 0.268 e. The first-order chi connectivity index (χ1) is 17.3. The van der Waals surface area contributed by atoms with Gasteiger partial charge in [-0.2, -0.15) is 8.78 Å². The summed E-state index contributed by atoms with van der Waals surface area (Å²) in [5.41, 5.74) is -2.66. The molecular weight excluding hydrogens is 502 g/mol. The summed E-state index contributed by atoms with van der Waals surface area (Å²) < 4.78 is 66.5. The number of H-pyrrole nitrogens is 1. The van der Waals surface area contributed by atoms with Crippen molar-refractivity contribution in [3.63, 3.8) is 0 Å². The number of hydrogen-bond donors (Lipinski definition) is 4. The molecule has 0 aliphatic heterocycles. The monoisotopic (exact) mass is 525 g/mol. The maximum atomic E-state index is 14.2. The van der Waals surface area contributed by atoms with Gasteiger partial charge in [-0.1, -0.05) is 6.07 Å². The zero-order valence-corrected chi connectivity index (χ0v) is 19.9. The molecule has 0 spiro atoms. The first-order valence-corrected chi connectivity index (χ1v) is 10.8. The van der Waals surface area contributed by atoms with Crippen LogP contribution >= 0.6 is 0 Å². The molecule has 0 saturated heterocycles. The Morgan fingerprint density at radius 1 is 1.00 bits per heavy atom. The minimum atomic E-state index is -2.23. The minimum absolute atomic E-state index is 0.163. The number of halogens is 4. The van der Waals surface area contributed by atoms with E-state index in [1.807, 2.05) is 0 Å². The lowest BCUT2D eigenvalue weighted by Crippen LogP contribution is -2.40. The Morgan fingerprint density at radius 3 is 2.24 bits per heavy atom. The molecule has 0 aliphatic carbocycles. The van der Waals surface area contributed by atoms with Crippen molar-refractivity contribution in [1.29, 1.82) is 0 Å². The maximum absolute atomic E-state index is 14.2. The lowest BCUT2D eigenvalue weighted by molar-refractivity contribution is -0.125. The molecule has 3 rings (SSSR count). The van der Waals surface area contributed by atoms with Gasteiger partial charge in [-0.05, 0) is 32.0 Å². The second-order valence-corrected chi connectivity index (χ2v) is 8.41. The summed E-state index contributed by atoms with van der Waals surface area (Å²) in [5.74, 6) is -10.8. The lowest BCUT2D eigenvalue weighted by atomic mass is 9.96. The van der Waals surface area contributed by atoms with Crippen molar-refractivity contribution in [1.82, 2.24) is 15.6 Å². The van der Waals surface area contributed by atoms with E-state index in [1.54, 1.807) is 24.3 Å². The molecule has 0 unspecified atom stereocenters. The largest absolute Gasteiger partial charge is 0.496 e. The van der Waals surface area contributed by atoms with Crippen LogP contribution in [0, 0.1) is 23.3 Å². The Balaban J connectivity index is 1.52. The van der Waals surface area contributed by atoms with Gasteiger partial charge in [0.1, 0.15) is 18.1 Å². The van der Waals surface area contributed by atoms with Gasteiger partial charge in [0.25, 0.3) is 5.91 Å². The summed E-state index contributed by atoms with van der Waals surface area (Å²) in [7, 11) is 1.48. The molecule has 0 atom stereocenters. The van der Waals surface area contributed by atoms with E-state index in [2.05, 4.69) is 20.4 Å². The van der Waals surface area contributed by atoms with Crippen LogP contribution in [0.5, 0.6) is 11.5 Å². The summed E-state index contributed by atoms with van der Waals surface area (Å²) >= 11 is 0. The van der Waals surface area contributed by atoms with Crippen molar-refractivity contribution in [2.75, 3.05) is 26.8 Å². The number of carbonyl (C=O) groups is 3. The number of fused-ring (bicyclic) bond motifs is 1. The van der Waals surface area contributed by atoms with Crippen LogP contribution in [0.1, 0.15) is 29.9 Å². The predicted molar refractivity (Wildman–Crippen MR) is 122 cm³/mol. The van der Waals surface area contributed by atoms with Crippen LogP contribution in [0.2, 0.25) is 0 Å². The van der Waals surface area contributed by atoms with Crippen LogP contribution in [0.4, 0.5) is 17.6 Å². The van der Waals surface area contributed by atoms with Crippen molar-refractivity contribution >= 4 is 28.5 Å². The molecular formula is C24H23F4N3O6. The van der Waals surface area contributed by atoms with Crippen molar-refractivity contribution < 1.29 is 46.5 Å². The molecule has 198 valence electrons. The summed E-state index contributed by atoms with van der Waals surface area (Å²) in [6.45, 7) is -0.330. The second-order valence-electron chi connectivity index (χ2n) is 8.41. The van der Waals surface area contributed by atoms with Gasteiger partial charge in [0.05, 0.1) is 31.4 Å². The molecule has 13 heteroatoms. The molecule has 0 radical (unpaired) electrons. The van der Waals surface area contributed by atoms with Crippen molar-refractivity contribution in [3.8, 4) is 11.5 Å². The van der Waals surface area contributed by atoms with Gasteiger partial charge in [0.2, 0.25) is 17.5 Å². The number of hydrogen-bond acceptors (Lipinski definition) is 6. The number of aromatic amines is 1. The summed E-state index contributed by atoms with van der Waals surface area (Å²) in [4.78, 5) is 39.1. The fraction of sp³-hybridized carbons (Fsp3) is 0.292. The van der Waals surface area contributed by atoms with E-state index in [0.717, 1.165) is 13.8 Å². The smallest absolute Gasteiger partial charge is 0.268 e. The van der Waals surface area contributed by atoms with Gasteiger partial charge >= 0.3 is 0 Å². The molecule has 2 aromatic carbocycles. The van der Waals surface area contributed by atoms with Crippen LogP contribution in [-0.4, -0.2) is 54.5 Å². The van der Waals surface area contributed by atoms with Gasteiger partial charge in [-0.15, -0.1) is 0 Å². The average molecular weight is 525 g/mol. The minimum Gasteiger partial charge on any atom is -0.496 e. The van der Waals surface area contributed by atoms with Crippen LogP contribution in [0.25, 0.3) is 10.9 Å². The molecule has 0 fully saturated rings. The van der Waals surface area contributed by atoms with E-state index in [0.29, 0.717) is 16.7 Å². The van der Waals surface area contributed by atoms with Crippen molar-refractivity contribution in [2.45, 2.75) is 19.4 Å². The van der Waals surface area contributed by atoms with Crippen LogP contribution in [0.3, 0.4) is 0 Å². The Kier molecular flexibility index (Phi) is 8.06. The molecule has 4 N–H and O–H groups in total. The van der Waals surface area contributed by atoms with Crippen molar-refractivity contribution in [3.05, 3.63) is 58.8 Å². The Hall–Kier alpha value is -4.13. The average Bonchev–Trinajstić information content (AvgIpc) is 3.28. The van der Waals surface area contributed by atoms with E-state index >= 15 is 0 Å². The molecule has 0 aliphatic rings. The second kappa shape index (κ2) is 10.9. The summed E-state index contributed by atoms with van der Waals surface area (Å²) in [6.07, 6.45) is 0. The molecule has 3 aromatic rings. The van der Waals surface area contributed by atoms with E-state index in [1.165, 1.54) is 7.11 Å². The number of Topliss-reactive ketones (excluding diaryl/α,β-unsaturated/α-hetero) is 1. The van der Waals surface area contributed by atoms with E-state index < -0.39 is 77.5 Å². The number of rotatable bonds is 10. The van der Waals surface area contributed by atoms with Crippen LogP contribution < -0.4 is 20.1 Å². The quantitative estimate of drug-likeness (QED) is 0.238. The molecule has 1 heterocycles. The Morgan fingerprint density at radius 2 is 1.65 bits per heavy atom. The number of carbonyl (C=O) groups excluding carboxylic acids is 3. The third-order valence-corrected chi connectivity index (χ3v) is 5.19. The number of amides is 2. The summed E-state index contributed by atoms with van der Waals surface area (Å²) in [5, 5.41) is 14.9. The number of aliphatic hydroxyl groups is 1. The number of nitrogens with one attached hydrogen (secondary N) is 3. The highest BCUT2D eigenvalue weighted by atomic mass is 19.2. The topological polar surface area (TPSA) is 130 Å². The van der Waals surface area contributed by atoms with Gasteiger partial charge in [0.15, 0.2) is 23.2 Å². The number of benzene rings is 2. The first-order valence-electron chi connectivity index (χ1n) is 10.8. The molecule has 0 bridgehead atoms. The summed E-state index contributed by atoms with van der Waals surface area (Å²) in [6, 6.07) is 6.72. The van der Waals surface area contributed by atoms with Crippen LogP contribution in [0.15, 0.2) is 24.3 Å². The van der Waals surface area contributed by atoms with Gasteiger partial charge in [-0.25, -0.2) is 8.78 Å². The third kappa shape index (κ3) is 6.00. The fourth-order valence-electron chi connectivity index (χ4n) is 3.42. The highest BCUT2D eigenvalue weighted by Gasteiger charge is 2.34. The van der Waals surface area contributed by atoms with Gasteiger partial charge < -0.3 is 30.2 Å². The van der Waals surface area contributed by atoms with E-state index in [-0.39, 0.29) is 5.69 Å². The van der Waals surface area contributed by atoms with Crippen LogP contribution in [-0.2, 0) is 15.2 Å². The predicted octanol–water partition coefficient (Wildman–Crippen LogP) is 2.45. The molecule has 9 nitrogen and oxygen atoms in total. The first kappa shape index (κ1) is 27.5. The van der Waals surface area contributed by atoms with E-state index in [9.17, 15) is 37.1 Å². The molecule has 1 aromatic heterocycles. The van der Waals surface area contributed by atoms with E-state index in [4.69, 9.17) is 4.74 Å². The standard InChI is InChI=1S/C24H23F4N3O6/c1-24(2,35)17-18(25)20(27)22(21(28)19(17)26)37-10-11(32)8-29-16(33)9-30-23(34)14-7-12-13(31-14)5-4-6-15(12)36-3/h4-7,31,35H,8-10H2,1-3H3,(H,29,33)(H,30,34).